The SMILES string of the molecule is COC(=O)[C@H]1[C@@H]2C[C@@H]3[C@H]1C(=O)N(c1ccc(C(C)=O)cc1)[C@@H]3C2. The maximum absolute atomic E-state index is 12.9. The number of rotatable bonds is 3. The predicted octanol–water partition coefficient (Wildman–Crippen LogP) is 2.05. The van der Waals surface area contributed by atoms with Gasteiger partial charge in [-0.1, -0.05) is 0 Å². The van der Waals surface area contributed by atoms with E-state index >= 15 is 0 Å². The van der Waals surface area contributed by atoms with Gasteiger partial charge < -0.3 is 9.64 Å². The van der Waals surface area contributed by atoms with Crippen LogP contribution in [0.15, 0.2) is 24.3 Å². The molecule has 1 aromatic carbocycles. The number of methoxy groups -OCH3 is 1. The van der Waals surface area contributed by atoms with Crippen molar-refractivity contribution in [1.82, 2.24) is 0 Å². The van der Waals surface area contributed by atoms with Crippen LogP contribution in [-0.2, 0) is 14.3 Å². The molecule has 2 bridgehead atoms. The first-order valence-electron chi connectivity index (χ1n) is 8.05. The van der Waals surface area contributed by atoms with Crippen LogP contribution in [0.3, 0.4) is 0 Å². The lowest BCUT2D eigenvalue weighted by Crippen LogP contribution is -2.33. The normalized spacial score (nSPS) is 34.1. The maximum atomic E-state index is 12.9. The highest BCUT2D eigenvalue weighted by Crippen LogP contribution is 2.59. The fourth-order valence-electron chi connectivity index (χ4n) is 4.93. The van der Waals surface area contributed by atoms with Crippen LogP contribution < -0.4 is 4.90 Å². The van der Waals surface area contributed by atoms with Gasteiger partial charge in [-0.15, -0.1) is 0 Å². The molecule has 0 unspecified atom stereocenters. The number of carbonyl (C=O) groups is 3. The molecule has 0 spiro atoms. The zero-order valence-corrected chi connectivity index (χ0v) is 13.2. The van der Waals surface area contributed by atoms with Crippen molar-refractivity contribution < 1.29 is 19.1 Å². The number of hydrogen-bond donors (Lipinski definition) is 0. The molecule has 3 fully saturated rings. The summed E-state index contributed by atoms with van der Waals surface area (Å²) in [5, 5.41) is 0. The quantitative estimate of drug-likeness (QED) is 0.633. The van der Waals surface area contributed by atoms with Crippen molar-refractivity contribution in [3.63, 3.8) is 0 Å². The maximum Gasteiger partial charge on any atom is 0.309 e. The molecule has 1 aliphatic heterocycles. The lowest BCUT2D eigenvalue weighted by Gasteiger charge is -2.26. The van der Waals surface area contributed by atoms with Crippen molar-refractivity contribution in [3.8, 4) is 0 Å². The number of ether oxygens (including phenoxy) is 1. The van der Waals surface area contributed by atoms with Gasteiger partial charge in [-0.25, -0.2) is 0 Å². The van der Waals surface area contributed by atoms with E-state index in [-0.39, 0.29) is 47.4 Å². The summed E-state index contributed by atoms with van der Waals surface area (Å²) in [7, 11) is 1.39. The Hall–Kier alpha value is -2.17. The van der Waals surface area contributed by atoms with Gasteiger partial charge in [-0.2, -0.15) is 0 Å². The van der Waals surface area contributed by atoms with Crippen molar-refractivity contribution >= 4 is 23.3 Å². The molecule has 5 heteroatoms. The number of nitrogens with zero attached hydrogens (tertiary/aromatic N) is 1. The first-order chi connectivity index (χ1) is 11.0. The number of ketones is 1. The molecule has 120 valence electrons. The van der Waals surface area contributed by atoms with Crippen molar-refractivity contribution in [2.45, 2.75) is 25.8 Å². The van der Waals surface area contributed by atoms with Crippen molar-refractivity contribution in [2.24, 2.45) is 23.7 Å². The van der Waals surface area contributed by atoms with Gasteiger partial charge in [0.25, 0.3) is 0 Å². The Morgan fingerprint density at radius 1 is 1.17 bits per heavy atom. The van der Waals surface area contributed by atoms with Crippen LogP contribution >= 0.6 is 0 Å². The lowest BCUT2D eigenvalue weighted by atomic mass is 9.80. The number of amides is 1. The molecule has 5 atom stereocenters. The Morgan fingerprint density at radius 2 is 1.87 bits per heavy atom. The number of anilines is 1. The summed E-state index contributed by atoms with van der Waals surface area (Å²) >= 11 is 0. The zero-order chi connectivity index (χ0) is 16.3. The Bertz CT molecular complexity index is 695. The van der Waals surface area contributed by atoms with Gasteiger partial charge in [-0.05, 0) is 55.9 Å². The summed E-state index contributed by atoms with van der Waals surface area (Å²) in [6, 6.07) is 7.37. The smallest absolute Gasteiger partial charge is 0.309 e. The Balaban J connectivity index is 1.67. The van der Waals surface area contributed by atoms with Gasteiger partial charge in [0.2, 0.25) is 5.91 Å². The highest BCUT2D eigenvalue weighted by atomic mass is 16.5. The highest BCUT2D eigenvalue weighted by Gasteiger charge is 2.65. The van der Waals surface area contributed by atoms with E-state index in [0.717, 1.165) is 18.5 Å². The fraction of sp³-hybridized carbons (Fsp3) is 0.500. The highest BCUT2D eigenvalue weighted by molar-refractivity contribution is 6.02. The van der Waals surface area contributed by atoms with E-state index in [1.54, 1.807) is 12.1 Å². The number of Topliss-reactive ketones (excluding diaryl/α,β-unsaturated/α-hetero) is 1. The summed E-state index contributed by atoms with van der Waals surface area (Å²) in [5.74, 6) is -0.212. The van der Waals surface area contributed by atoms with Crippen molar-refractivity contribution in [1.29, 1.82) is 0 Å². The topological polar surface area (TPSA) is 63.7 Å². The first kappa shape index (κ1) is 14.4. The van der Waals surface area contributed by atoms with E-state index in [4.69, 9.17) is 4.74 Å². The molecule has 0 N–H and O–H groups in total. The van der Waals surface area contributed by atoms with Crippen LogP contribution in [0, 0.1) is 23.7 Å². The molecule has 1 heterocycles. The van der Waals surface area contributed by atoms with E-state index in [9.17, 15) is 14.4 Å². The molecule has 4 rings (SSSR count). The van der Waals surface area contributed by atoms with E-state index < -0.39 is 0 Å². The molecule has 2 aliphatic carbocycles. The first-order valence-corrected chi connectivity index (χ1v) is 8.05. The van der Waals surface area contributed by atoms with Gasteiger partial charge in [0.15, 0.2) is 5.78 Å². The molecule has 0 aromatic heterocycles. The average molecular weight is 313 g/mol. The third-order valence-corrected chi connectivity index (χ3v) is 5.85. The van der Waals surface area contributed by atoms with Crippen molar-refractivity contribution in [2.75, 3.05) is 12.0 Å². The van der Waals surface area contributed by atoms with Crippen LogP contribution in [0.2, 0.25) is 0 Å². The minimum atomic E-state index is -0.282. The third kappa shape index (κ3) is 1.89. The number of fused-ring (bicyclic) bond motifs is 1. The summed E-state index contributed by atoms with van der Waals surface area (Å²) < 4.78 is 4.92. The van der Waals surface area contributed by atoms with E-state index in [0.29, 0.717) is 5.56 Å². The molecule has 2 saturated carbocycles. The Morgan fingerprint density at radius 3 is 2.48 bits per heavy atom. The molecule has 5 nitrogen and oxygen atoms in total. The average Bonchev–Trinajstić information content (AvgIpc) is 3.16. The number of esters is 1. The number of benzene rings is 1. The van der Waals surface area contributed by atoms with Gasteiger partial charge in [-0.3, -0.25) is 14.4 Å². The van der Waals surface area contributed by atoms with Gasteiger partial charge in [0.05, 0.1) is 18.9 Å². The molecule has 1 saturated heterocycles. The summed E-state index contributed by atoms with van der Waals surface area (Å²) in [6.07, 6.45) is 1.80. The van der Waals surface area contributed by atoms with Crippen LogP contribution in [0.4, 0.5) is 5.69 Å². The van der Waals surface area contributed by atoms with Crippen LogP contribution in [-0.4, -0.2) is 30.8 Å². The molecule has 1 aromatic rings. The van der Waals surface area contributed by atoms with E-state index in [2.05, 4.69) is 0 Å². The molecule has 1 amide bonds. The van der Waals surface area contributed by atoms with Crippen LogP contribution in [0.1, 0.15) is 30.1 Å². The number of hydrogen-bond acceptors (Lipinski definition) is 4. The minimum absolute atomic E-state index is 0.0102. The van der Waals surface area contributed by atoms with Crippen LogP contribution in [0.5, 0.6) is 0 Å². The molecular formula is C18H19NO4. The van der Waals surface area contributed by atoms with Crippen LogP contribution in [0.25, 0.3) is 0 Å². The zero-order valence-electron chi connectivity index (χ0n) is 13.2. The summed E-state index contributed by atoms with van der Waals surface area (Å²) in [4.78, 5) is 38.2. The lowest BCUT2D eigenvalue weighted by molar-refractivity contribution is -0.150. The second-order valence-corrected chi connectivity index (χ2v) is 6.85. The standard InChI is InChI=1S/C18H19NO4/c1-9(20)10-3-5-12(6-4-10)19-14-8-11-7-13(14)16(17(19)21)15(11)18(22)23-2/h3-6,11,13-16H,7-8H2,1-2H3/t11-,13+,14-,15+,16-/m1/s1. The molecule has 23 heavy (non-hydrogen) atoms. The fourth-order valence-corrected chi connectivity index (χ4v) is 4.93. The monoisotopic (exact) mass is 313 g/mol. The van der Waals surface area contributed by atoms with Gasteiger partial charge in [0, 0.05) is 17.3 Å². The molecule has 0 radical (unpaired) electrons. The predicted molar refractivity (Wildman–Crippen MR) is 82.9 cm³/mol. The van der Waals surface area contributed by atoms with E-state index in [1.807, 2.05) is 17.0 Å². The van der Waals surface area contributed by atoms with Gasteiger partial charge >= 0.3 is 5.97 Å². The Labute approximate surface area is 134 Å². The van der Waals surface area contributed by atoms with Crippen molar-refractivity contribution in [3.05, 3.63) is 29.8 Å². The Kier molecular flexibility index (Phi) is 3.08. The largest absolute Gasteiger partial charge is 0.469 e. The van der Waals surface area contributed by atoms with Gasteiger partial charge in [0.1, 0.15) is 0 Å². The van der Waals surface area contributed by atoms with E-state index in [1.165, 1.54) is 14.0 Å². The second-order valence-electron chi connectivity index (χ2n) is 6.85. The molecular weight excluding hydrogens is 294 g/mol. The minimum Gasteiger partial charge on any atom is -0.469 e. The number of carbonyl (C=O) groups excluding carboxylic acids is 3. The second kappa shape index (κ2) is 4.91. The third-order valence-electron chi connectivity index (χ3n) is 5.85. The molecule has 3 aliphatic rings. The summed E-state index contributed by atoms with van der Waals surface area (Å²) in [5.41, 5.74) is 1.46. The summed E-state index contributed by atoms with van der Waals surface area (Å²) in [6.45, 7) is 1.53.